The fourth-order valence-electron chi connectivity index (χ4n) is 3.83. The van der Waals surface area contributed by atoms with Gasteiger partial charge in [0.05, 0.1) is 10.9 Å². The molecule has 0 aliphatic heterocycles. The largest absolute Gasteiger partial charge is 0.743 e. The highest BCUT2D eigenvalue weighted by Gasteiger charge is 2.95. The molecule has 3 aromatic rings. The molecule has 0 aliphatic rings. The first-order valence-electron chi connectivity index (χ1n) is 13.8. The molecule has 0 bridgehead atoms. The van der Waals surface area contributed by atoms with Crippen molar-refractivity contribution in [1.82, 2.24) is 0 Å². The van der Waals surface area contributed by atoms with Crippen LogP contribution in [0.3, 0.4) is 0 Å². The van der Waals surface area contributed by atoms with Crippen molar-refractivity contribution in [2.45, 2.75) is 88.0 Å². The zero-order chi connectivity index (χ0) is 41.5. The van der Waals surface area contributed by atoms with Crippen molar-refractivity contribution in [1.29, 1.82) is 0 Å². The van der Waals surface area contributed by atoms with Crippen LogP contribution in [0.2, 0.25) is 0 Å². The van der Waals surface area contributed by atoms with Gasteiger partial charge in [0.1, 0.15) is 11.4 Å². The van der Waals surface area contributed by atoms with Gasteiger partial charge in [-0.1, -0.05) is 36.4 Å². The summed E-state index contributed by atoms with van der Waals surface area (Å²) in [6.07, 6.45) is -7.89. The van der Waals surface area contributed by atoms with Gasteiger partial charge in [-0.05, 0) is 69.3 Å². The number of ether oxygens (including phenoxy) is 1. The third-order valence-electron chi connectivity index (χ3n) is 6.45. The van der Waals surface area contributed by atoms with E-state index in [1.807, 2.05) is 0 Å². The maximum absolute atomic E-state index is 13.0. The van der Waals surface area contributed by atoms with Crippen LogP contribution in [0.25, 0.3) is 0 Å². The van der Waals surface area contributed by atoms with E-state index in [0.29, 0.717) is 0 Å². The number of hydrogen-bond donors (Lipinski definition) is 0. The summed E-state index contributed by atoms with van der Waals surface area (Å²) in [5.41, 5.74) is -0.179. The van der Waals surface area contributed by atoms with Gasteiger partial charge in [0.2, 0.25) is 0 Å². The molecule has 0 saturated heterocycles. The Morgan fingerprint density at radius 1 is 0.472 bits per heavy atom. The van der Waals surface area contributed by atoms with E-state index in [1.165, 1.54) is 14.7 Å². The topological polar surface area (TPSA) is 66.4 Å². The maximum atomic E-state index is 13.0. The molecule has 0 fully saturated rings. The summed E-state index contributed by atoms with van der Waals surface area (Å²) in [6, 6.07) is 29.9. The van der Waals surface area contributed by atoms with Gasteiger partial charge in [-0.2, -0.15) is 74.6 Å². The SMILES string of the molecule is CC(C)(C)Oc1ccc([S+](c2ccccc2)c2ccccc2)cc1.O=S(=O)([O-])C(F)(F)C(F)(F)C(F)(F)C(F)(F)C(F)(F)C(F)(F)C(F)(F)C(F)(F)F. The van der Waals surface area contributed by atoms with E-state index in [-0.39, 0.29) is 16.5 Å². The molecule has 0 amide bonds. The molecule has 4 nitrogen and oxygen atoms in total. The molecule has 0 unspecified atom stereocenters. The molecule has 0 aromatic heterocycles. The monoisotopic (exact) mass is 834 g/mol. The molecule has 0 heterocycles. The van der Waals surface area contributed by atoms with Gasteiger partial charge >= 0.3 is 47.0 Å². The Morgan fingerprint density at radius 3 is 1.08 bits per heavy atom. The molecule has 53 heavy (non-hydrogen) atoms. The Hall–Kier alpha value is -3.47. The van der Waals surface area contributed by atoms with Crippen LogP contribution in [0.1, 0.15) is 20.8 Å². The first-order valence-corrected chi connectivity index (χ1v) is 16.5. The Labute approximate surface area is 292 Å². The Bertz CT molecular complexity index is 1740. The average Bonchev–Trinajstić information content (AvgIpc) is 3.01. The Morgan fingerprint density at radius 2 is 0.774 bits per heavy atom. The number of alkyl halides is 17. The molecule has 0 aliphatic carbocycles. The van der Waals surface area contributed by atoms with Gasteiger partial charge in [-0.25, -0.2) is 8.42 Å². The van der Waals surface area contributed by atoms with E-state index < -0.39 is 57.1 Å². The van der Waals surface area contributed by atoms with Crippen molar-refractivity contribution in [3.8, 4) is 5.75 Å². The Balaban J connectivity index is 0.000000371. The van der Waals surface area contributed by atoms with Crippen LogP contribution in [-0.2, 0) is 21.0 Å². The highest BCUT2D eigenvalue weighted by molar-refractivity contribution is 7.97. The molecule has 0 N–H and O–H groups in total. The summed E-state index contributed by atoms with van der Waals surface area (Å²) in [5.74, 6) is -51.2. The number of rotatable bonds is 11. The van der Waals surface area contributed by atoms with Crippen molar-refractivity contribution in [3.63, 3.8) is 0 Å². The van der Waals surface area contributed by atoms with Gasteiger partial charge in [-0.3, -0.25) is 0 Å². The van der Waals surface area contributed by atoms with Gasteiger partial charge in [0.15, 0.2) is 24.8 Å². The standard InChI is InChI=1S/C22H23OS.C8HF17O3S/c1-22(2,3)23-18-14-16-21(17-15-18)24(19-10-6-4-7-11-19)20-12-8-5-9-13-20;9-1(10,3(13,14)5(17,18)7(21,22)23)2(11,12)4(15,16)6(19,20)8(24,25)29(26,27)28/h4-17H,1-3H3;(H,26,27,28)/q+1;/p-1. The lowest BCUT2D eigenvalue weighted by Crippen LogP contribution is -2.75. The molecule has 0 radical (unpaired) electrons. The summed E-state index contributed by atoms with van der Waals surface area (Å²) >= 11 is 0. The maximum Gasteiger partial charge on any atom is 0.460 e. The van der Waals surface area contributed by atoms with E-state index in [4.69, 9.17) is 4.74 Å². The van der Waals surface area contributed by atoms with Crippen molar-refractivity contribution in [2.24, 2.45) is 0 Å². The van der Waals surface area contributed by atoms with Crippen LogP contribution >= 0.6 is 0 Å². The molecular weight excluding hydrogens is 811 g/mol. The second-order valence-electron chi connectivity index (χ2n) is 11.5. The number of hydrogen-bond acceptors (Lipinski definition) is 4. The smallest absolute Gasteiger partial charge is 0.460 e. The third kappa shape index (κ3) is 8.45. The van der Waals surface area contributed by atoms with Gasteiger partial charge in [0, 0.05) is 0 Å². The zero-order valence-corrected chi connectivity index (χ0v) is 28.1. The molecule has 0 saturated carbocycles. The van der Waals surface area contributed by atoms with Crippen LogP contribution in [0.5, 0.6) is 5.75 Å². The normalized spacial score (nSPS) is 14.5. The van der Waals surface area contributed by atoms with Crippen molar-refractivity contribution in [3.05, 3.63) is 84.9 Å². The fraction of sp³-hybridized carbons (Fsp3) is 0.400. The van der Waals surface area contributed by atoms with Crippen LogP contribution in [0.4, 0.5) is 74.6 Å². The molecule has 3 rings (SSSR count). The molecule has 298 valence electrons. The Kier molecular flexibility index (Phi) is 12.6. The van der Waals surface area contributed by atoms with Crippen LogP contribution in [-0.4, -0.2) is 65.5 Å². The number of benzene rings is 3. The summed E-state index contributed by atoms with van der Waals surface area (Å²) in [6.45, 7) is 6.21. The second-order valence-corrected chi connectivity index (χ2v) is 15.0. The second kappa shape index (κ2) is 14.6. The summed E-state index contributed by atoms with van der Waals surface area (Å²) in [7, 11) is -8.24. The molecular formula is C30H23F17O4S2. The van der Waals surface area contributed by atoms with E-state index >= 15 is 0 Å². The lowest BCUT2D eigenvalue weighted by molar-refractivity contribution is -0.458. The van der Waals surface area contributed by atoms with E-state index in [0.717, 1.165) is 5.75 Å². The fourth-order valence-corrected chi connectivity index (χ4v) is 6.35. The molecule has 23 heteroatoms. The minimum Gasteiger partial charge on any atom is -0.743 e. The predicted octanol–water partition coefficient (Wildman–Crippen LogP) is 10.5. The summed E-state index contributed by atoms with van der Waals surface area (Å²) < 4.78 is 250. The zero-order valence-electron chi connectivity index (χ0n) is 26.5. The van der Waals surface area contributed by atoms with Crippen LogP contribution < -0.4 is 4.74 Å². The van der Waals surface area contributed by atoms with E-state index in [2.05, 4.69) is 106 Å². The average molecular weight is 835 g/mol. The van der Waals surface area contributed by atoms with E-state index in [1.54, 1.807) is 0 Å². The molecule has 0 atom stereocenters. The quantitative estimate of drug-likeness (QED) is 0.110. The van der Waals surface area contributed by atoms with Crippen LogP contribution in [0, 0.1) is 0 Å². The highest BCUT2D eigenvalue weighted by atomic mass is 32.2. The predicted molar refractivity (Wildman–Crippen MR) is 152 cm³/mol. The lowest BCUT2D eigenvalue weighted by atomic mass is 9.91. The van der Waals surface area contributed by atoms with Crippen molar-refractivity contribution in [2.75, 3.05) is 0 Å². The minimum absolute atomic E-state index is 0.102. The summed E-state index contributed by atoms with van der Waals surface area (Å²) in [4.78, 5) is 3.95. The summed E-state index contributed by atoms with van der Waals surface area (Å²) in [5, 5.41) is -7.95. The first-order chi connectivity index (χ1) is 23.5. The van der Waals surface area contributed by atoms with Crippen molar-refractivity contribution < 1.29 is 92.3 Å². The highest BCUT2D eigenvalue weighted by Crippen LogP contribution is 2.64. The first kappa shape index (κ1) is 45.7. The van der Waals surface area contributed by atoms with Crippen molar-refractivity contribution >= 4 is 21.0 Å². The lowest BCUT2D eigenvalue weighted by Gasteiger charge is -2.42. The molecule has 0 spiro atoms. The third-order valence-corrected chi connectivity index (χ3v) is 9.56. The molecule has 3 aromatic carbocycles. The van der Waals surface area contributed by atoms with E-state index in [9.17, 15) is 87.6 Å². The number of halogens is 17. The van der Waals surface area contributed by atoms with Gasteiger partial charge in [-0.15, -0.1) is 0 Å². The van der Waals surface area contributed by atoms with Gasteiger partial charge < -0.3 is 9.29 Å². The van der Waals surface area contributed by atoms with Gasteiger partial charge in [0.25, 0.3) is 0 Å². The van der Waals surface area contributed by atoms with Crippen LogP contribution in [0.15, 0.2) is 99.6 Å². The minimum atomic E-state index is -8.92.